The number of benzene rings is 2. The molecule has 1 aliphatic rings. The van der Waals surface area contributed by atoms with Crippen LogP contribution in [0.1, 0.15) is 30.6 Å². The van der Waals surface area contributed by atoms with Crippen LogP contribution in [0.15, 0.2) is 66.2 Å². The van der Waals surface area contributed by atoms with Crippen molar-refractivity contribution in [2.75, 3.05) is 19.6 Å². The van der Waals surface area contributed by atoms with E-state index in [0.29, 0.717) is 6.54 Å². The van der Waals surface area contributed by atoms with E-state index in [-0.39, 0.29) is 18.3 Å². The number of carbonyl (C=O) groups excluding carboxylic acids is 1. The second kappa shape index (κ2) is 10.8. The molecule has 1 atom stereocenters. The maximum absolute atomic E-state index is 12.9. The third kappa shape index (κ3) is 5.84. The van der Waals surface area contributed by atoms with Crippen molar-refractivity contribution >= 4 is 18.3 Å². The van der Waals surface area contributed by atoms with Crippen molar-refractivity contribution in [2.24, 2.45) is 0 Å². The Morgan fingerprint density at radius 3 is 2.59 bits per heavy atom. The molecule has 0 fully saturated rings. The molecule has 0 bridgehead atoms. The van der Waals surface area contributed by atoms with Gasteiger partial charge >= 0.3 is 0 Å². The van der Waals surface area contributed by atoms with Gasteiger partial charge in [0.25, 0.3) is 5.91 Å². The lowest BCUT2D eigenvalue weighted by Gasteiger charge is -2.22. The molecule has 27 heavy (non-hydrogen) atoms. The van der Waals surface area contributed by atoms with Gasteiger partial charge in [-0.05, 0) is 31.0 Å². The van der Waals surface area contributed by atoms with E-state index < -0.39 is 6.10 Å². The second-order valence-electron chi connectivity index (χ2n) is 6.40. The van der Waals surface area contributed by atoms with Crippen LogP contribution in [0, 0.1) is 0 Å². The van der Waals surface area contributed by atoms with E-state index in [0.717, 1.165) is 42.8 Å². The largest absolute Gasteiger partial charge is 0.476 e. The van der Waals surface area contributed by atoms with Crippen LogP contribution < -0.4 is 15.4 Å². The second-order valence-corrected chi connectivity index (χ2v) is 6.40. The van der Waals surface area contributed by atoms with Gasteiger partial charge in [-0.15, -0.1) is 12.4 Å². The number of hydrogen-bond donors (Lipinski definition) is 2. The van der Waals surface area contributed by atoms with Crippen LogP contribution in [0.5, 0.6) is 5.75 Å². The molecule has 4 nitrogen and oxygen atoms in total. The third-order valence-corrected chi connectivity index (χ3v) is 4.59. The van der Waals surface area contributed by atoms with Crippen molar-refractivity contribution in [1.82, 2.24) is 10.6 Å². The Bertz CT molecular complexity index is 762. The minimum absolute atomic E-state index is 0. The van der Waals surface area contributed by atoms with Crippen LogP contribution in [0.25, 0.3) is 0 Å². The fourth-order valence-corrected chi connectivity index (χ4v) is 3.06. The number of carbonyl (C=O) groups is 1. The van der Waals surface area contributed by atoms with E-state index in [4.69, 9.17) is 4.74 Å². The molecule has 2 aromatic carbocycles. The van der Waals surface area contributed by atoms with Crippen molar-refractivity contribution in [3.8, 4) is 5.75 Å². The maximum atomic E-state index is 12.9. The van der Waals surface area contributed by atoms with E-state index in [1.807, 2.05) is 54.6 Å². The van der Waals surface area contributed by atoms with Gasteiger partial charge in [0.2, 0.25) is 6.10 Å². The fraction of sp³-hybridized carbons (Fsp3) is 0.318. The summed E-state index contributed by atoms with van der Waals surface area (Å²) in [7, 11) is 0. The summed E-state index contributed by atoms with van der Waals surface area (Å²) in [5.41, 5.74) is 3.22. The number of rotatable bonds is 7. The first-order valence-corrected chi connectivity index (χ1v) is 9.23. The molecule has 0 aliphatic carbocycles. The predicted molar refractivity (Wildman–Crippen MR) is 111 cm³/mol. The summed E-state index contributed by atoms with van der Waals surface area (Å²) in [5.74, 6) is 0.654. The van der Waals surface area contributed by atoms with Crippen LogP contribution in [-0.2, 0) is 11.2 Å². The first-order valence-electron chi connectivity index (χ1n) is 9.23. The number of nitrogens with one attached hydrogen (secondary N) is 2. The molecule has 5 heteroatoms. The summed E-state index contributed by atoms with van der Waals surface area (Å²) in [6.07, 6.45) is 3.31. The van der Waals surface area contributed by atoms with Crippen molar-refractivity contribution < 1.29 is 9.53 Å². The molecule has 1 unspecified atom stereocenters. The summed E-state index contributed by atoms with van der Waals surface area (Å²) in [4.78, 5) is 12.9. The molecule has 0 aromatic heterocycles. The molecular formula is C22H27ClN2O2. The van der Waals surface area contributed by atoms with Crippen LogP contribution in [-0.4, -0.2) is 25.5 Å². The van der Waals surface area contributed by atoms with Gasteiger partial charge in [0, 0.05) is 18.7 Å². The lowest BCUT2D eigenvalue weighted by atomic mass is 10.1. The molecule has 0 saturated carbocycles. The summed E-state index contributed by atoms with van der Waals surface area (Å²) >= 11 is 0. The van der Waals surface area contributed by atoms with Crippen LogP contribution >= 0.6 is 12.4 Å². The summed E-state index contributed by atoms with van der Waals surface area (Å²) < 4.78 is 6.18. The van der Waals surface area contributed by atoms with Crippen molar-refractivity contribution in [3.63, 3.8) is 0 Å². The molecule has 2 N–H and O–H groups in total. The number of para-hydroxylation sites is 1. The number of amides is 1. The van der Waals surface area contributed by atoms with Gasteiger partial charge in [0.15, 0.2) is 0 Å². The van der Waals surface area contributed by atoms with Gasteiger partial charge in [-0.3, -0.25) is 4.79 Å². The van der Waals surface area contributed by atoms with Gasteiger partial charge in [-0.25, -0.2) is 0 Å². The van der Waals surface area contributed by atoms with E-state index in [1.54, 1.807) is 0 Å². The molecule has 2 aromatic rings. The normalized spacial score (nSPS) is 14.5. The van der Waals surface area contributed by atoms with Gasteiger partial charge in [0.1, 0.15) is 5.75 Å². The van der Waals surface area contributed by atoms with Crippen molar-refractivity contribution in [1.29, 1.82) is 0 Å². The van der Waals surface area contributed by atoms with Crippen LogP contribution in [0.3, 0.4) is 0 Å². The Balaban J connectivity index is 0.00000261. The van der Waals surface area contributed by atoms with Crippen molar-refractivity contribution in [2.45, 2.75) is 25.9 Å². The lowest BCUT2D eigenvalue weighted by Crippen LogP contribution is -2.35. The van der Waals surface area contributed by atoms with Gasteiger partial charge in [-0.1, -0.05) is 67.1 Å². The molecule has 144 valence electrons. The average Bonchev–Trinajstić information content (AvgIpc) is 2.72. The predicted octanol–water partition coefficient (Wildman–Crippen LogP) is 3.83. The minimum atomic E-state index is -0.661. The zero-order chi connectivity index (χ0) is 18.2. The molecule has 1 heterocycles. The Morgan fingerprint density at radius 1 is 1.15 bits per heavy atom. The highest BCUT2D eigenvalue weighted by Crippen LogP contribution is 2.26. The van der Waals surface area contributed by atoms with E-state index in [2.05, 4.69) is 23.6 Å². The highest BCUT2D eigenvalue weighted by atomic mass is 35.5. The summed E-state index contributed by atoms with van der Waals surface area (Å²) in [6.45, 7) is 4.49. The van der Waals surface area contributed by atoms with Crippen LogP contribution in [0.2, 0.25) is 0 Å². The monoisotopic (exact) mass is 386 g/mol. The van der Waals surface area contributed by atoms with Gasteiger partial charge in [0.05, 0.1) is 0 Å². The standard InChI is InChI=1S/C22H26N2O2.ClH/c1-2-18-8-6-7-11-20(18)26-21(19-9-4-3-5-10-19)22(25)24-16-17-12-14-23-15-13-17;/h3-12,21,23H,2,13-16H2,1H3,(H,24,25);1H. The zero-order valence-electron chi connectivity index (χ0n) is 15.6. The van der Waals surface area contributed by atoms with E-state index in [1.165, 1.54) is 5.57 Å². The Hall–Kier alpha value is -2.30. The average molecular weight is 387 g/mol. The Labute approximate surface area is 167 Å². The van der Waals surface area contributed by atoms with Gasteiger partial charge < -0.3 is 15.4 Å². The number of hydrogen-bond acceptors (Lipinski definition) is 3. The Morgan fingerprint density at radius 2 is 1.89 bits per heavy atom. The first-order chi connectivity index (χ1) is 12.8. The molecule has 3 rings (SSSR count). The highest BCUT2D eigenvalue weighted by Gasteiger charge is 2.23. The zero-order valence-corrected chi connectivity index (χ0v) is 16.4. The Kier molecular flexibility index (Phi) is 8.37. The number of ether oxygens (including phenoxy) is 1. The molecule has 0 radical (unpaired) electrons. The summed E-state index contributed by atoms with van der Waals surface area (Å²) in [6, 6.07) is 17.6. The number of halogens is 1. The van der Waals surface area contributed by atoms with Crippen LogP contribution in [0.4, 0.5) is 0 Å². The highest BCUT2D eigenvalue weighted by molar-refractivity contribution is 5.85. The quantitative estimate of drug-likeness (QED) is 0.711. The maximum Gasteiger partial charge on any atom is 0.266 e. The molecule has 0 spiro atoms. The van der Waals surface area contributed by atoms with Crippen molar-refractivity contribution in [3.05, 3.63) is 77.4 Å². The third-order valence-electron chi connectivity index (χ3n) is 4.59. The van der Waals surface area contributed by atoms with Gasteiger partial charge in [-0.2, -0.15) is 0 Å². The molecule has 1 amide bonds. The summed E-state index contributed by atoms with van der Waals surface area (Å²) in [5, 5.41) is 6.33. The number of aryl methyl sites for hydroxylation is 1. The molecular weight excluding hydrogens is 360 g/mol. The molecule has 1 aliphatic heterocycles. The van der Waals surface area contributed by atoms with E-state index in [9.17, 15) is 4.79 Å². The first kappa shape index (κ1) is 21.0. The smallest absolute Gasteiger partial charge is 0.266 e. The van der Waals surface area contributed by atoms with E-state index >= 15 is 0 Å². The fourth-order valence-electron chi connectivity index (χ4n) is 3.06. The topological polar surface area (TPSA) is 50.4 Å². The SMILES string of the molecule is CCc1ccccc1OC(C(=O)NCC1=CCNCC1)c1ccccc1.Cl. The minimum Gasteiger partial charge on any atom is -0.476 e. The molecule has 0 saturated heterocycles. The lowest BCUT2D eigenvalue weighted by molar-refractivity contribution is -0.128.